The van der Waals surface area contributed by atoms with E-state index in [4.69, 9.17) is 0 Å². The van der Waals surface area contributed by atoms with Gasteiger partial charge in [0.05, 0.1) is 5.56 Å². The normalized spacial score (nSPS) is 11.5. The molecule has 0 aliphatic heterocycles. The summed E-state index contributed by atoms with van der Waals surface area (Å²) in [5, 5.41) is 3.02. The number of anilines is 1. The molecule has 0 unspecified atom stereocenters. The van der Waals surface area contributed by atoms with Crippen molar-refractivity contribution in [2.75, 3.05) is 5.32 Å². The van der Waals surface area contributed by atoms with Crippen LogP contribution in [0, 0.1) is 16.3 Å². The first-order valence-corrected chi connectivity index (χ1v) is 7.20. The van der Waals surface area contributed by atoms with E-state index in [0.29, 0.717) is 6.07 Å². The minimum Gasteiger partial charge on any atom is -0.381 e. The van der Waals surface area contributed by atoms with Gasteiger partial charge < -0.3 is 5.32 Å². The van der Waals surface area contributed by atoms with E-state index in [2.05, 4.69) is 27.9 Å². The van der Waals surface area contributed by atoms with Crippen molar-refractivity contribution in [1.29, 1.82) is 0 Å². The van der Waals surface area contributed by atoms with Gasteiger partial charge in [-0.15, -0.1) is 0 Å². The molecule has 0 saturated heterocycles. The summed E-state index contributed by atoms with van der Waals surface area (Å²) in [6, 6.07) is 8.25. The SMILES string of the molecule is Cc1cc(I)ccc1NCc1cc(F)cc(C(F)(F)F)c1. The fourth-order valence-electron chi connectivity index (χ4n) is 1.94. The van der Waals surface area contributed by atoms with Crippen LogP contribution in [0.15, 0.2) is 36.4 Å². The molecule has 0 amide bonds. The van der Waals surface area contributed by atoms with E-state index in [1.807, 2.05) is 25.1 Å². The Kier molecular flexibility index (Phi) is 4.75. The lowest BCUT2D eigenvalue weighted by Crippen LogP contribution is -2.08. The summed E-state index contributed by atoms with van der Waals surface area (Å²) in [5.41, 5.74) is 1.07. The van der Waals surface area contributed by atoms with Crippen LogP contribution in [0.3, 0.4) is 0 Å². The standard InChI is InChI=1S/C15H12F4IN/c1-9-4-13(20)2-3-14(9)21-8-10-5-11(15(17,18)19)7-12(16)6-10/h2-7,21H,8H2,1H3. The summed E-state index contributed by atoms with van der Waals surface area (Å²) >= 11 is 2.18. The van der Waals surface area contributed by atoms with Gasteiger partial charge in [-0.05, 0) is 77.0 Å². The molecule has 6 heteroatoms. The van der Waals surface area contributed by atoms with Crippen molar-refractivity contribution in [3.63, 3.8) is 0 Å². The second-order valence-corrected chi connectivity index (χ2v) is 5.90. The third-order valence-corrected chi connectivity index (χ3v) is 3.63. The summed E-state index contributed by atoms with van der Waals surface area (Å²) < 4.78 is 52.3. The third-order valence-electron chi connectivity index (χ3n) is 2.96. The van der Waals surface area contributed by atoms with Crippen molar-refractivity contribution in [2.24, 2.45) is 0 Å². The molecule has 0 fully saturated rings. The van der Waals surface area contributed by atoms with E-state index in [1.54, 1.807) is 0 Å². The van der Waals surface area contributed by atoms with Crippen molar-refractivity contribution in [2.45, 2.75) is 19.6 Å². The number of alkyl halides is 3. The zero-order valence-electron chi connectivity index (χ0n) is 11.1. The van der Waals surface area contributed by atoms with Gasteiger partial charge in [-0.1, -0.05) is 0 Å². The summed E-state index contributed by atoms with van der Waals surface area (Å²) in [7, 11) is 0. The molecule has 1 N–H and O–H groups in total. The van der Waals surface area contributed by atoms with Crippen LogP contribution in [0.4, 0.5) is 23.2 Å². The topological polar surface area (TPSA) is 12.0 Å². The van der Waals surface area contributed by atoms with Crippen LogP contribution in [0.5, 0.6) is 0 Å². The predicted octanol–water partition coefficient (Wildman–Crippen LogP) is 5.37. The minimum absolute atomic E-state index is 0.127. The highest BCUT2D eigenvalue weighted by Gasteiger charge is 2.31. The molecule has 112 valence electrons. The summed E-state index contributed by atoms with van der Waals surface area (Å²) in [6.07, 6.45) is -4.55. The summed E-state index contributed by atoms with van der Waals surface area (Å²) in [4.78, 5) is 0. The first-order valence-electron chi connectivity index (χ1n) is 6.12. The molecule has 0 bridgehead atoms. The number of aryl methyl sites for hydroxylation is 1. The fourth-order valence-corrected chi connectivity index (χ4v) is 2.59. The first-order chi connectivity index (χ1) is 9.75. The lowest BCUT2D eigenvalue weighted by molar-refractivity contribution is -0.137. The highest BCUT2D eigenvalue weighted by Crippen LogP contribution is 2.30. The smallest absolute Gasteiger partial charge is 0.381 e. The molecular formula is C15H12F4IN. The van der Waals surface area contributed by atoms with Gasteiger partial charge in [0.25, 0.3) is 0 Å². The van der Waals surface area contributed by atoms with E-state index in [1.165, 1.54) is 0 Å². The molecule has 2 aromatic rings. The molecule has 0 aliphatic rings. The quantitative estimate of drug-likeness (QED) is 0.531. The zero-order chi connectivity index (χ0) is 15.6. The van der Waals surface area contributed by atoms with Crippen molar-refractivity contribution in [3.8, 4) is 0 Å². The lowest BCUT2D eigenvalue weighted by atomic mass is 10.1. The number of halogens is 5. The lowest BCUT2D eigenvalue weighted by Gasteiger charge is -2.12. The number of hydrogen-bond donors (Lipinski definition) is 1. The molecule has 2 rings (SSSR count). The van der Waals surface area contributed by atoms with E-state index in [9.17, 15) is 17.6 Å². The largest absolute Gasteiger partial charge is 0.416 e. The number of nitrogens with one attached hydrogen (secondary N) is 1. The highest BCUT2D eigenvalue weighted by molar-refractivity contribution is 14.1. The fraction of sp³-hybridized carbons (Fsp3) is 0.200. The van der Waals surface area contributed by atoms with Crippen LogP contribution < -0.4 is 5.32 Å². The van der Waals surface area contributed by atoms with E-state index in [0.717, 1.165) is 27.0 Å². The molecular weight excluding hydrogens is 397 g/mol. The number of benzene rings is 2. The average molecular weight is 409 g/mol. The van der Waals surface area contributed by atoms with Crippen molar-refractivity contribution >= 4 is 28.3 Å². The average Bonchev–Trinajstić information content (AvgIpc) is 2.36. The Hall–Kier alpha value is -1.31. The molecule has 2 aromatic carbocycles. The van der Waals surface area contributed by atoms with Gasteiger partial charge in [0.15, 0.2) is 0 Å². The predicted molar refractivity (Wildman–Crippen MR) is 82.6 cm³/mol. The Morgan fingerprint density at radius 2 is 1.81 bits per heavy atom. The molecule has 0 aliphatic carbocycles. The van der Waals surface area contributed by atoms with Gasteiger partial charge in [-0.3, -0.25) is 0 Å². The van der Waals surface area contributed by atoms with E-state index in [-0.39, 0.29) is 12.1 Å². The van der Waals surface area contributed by atoms with Crippen LogP contribution in [0.2, 0.25) is 0 Å². The minimum atomic E-state index is -4.55. The monoisotopic (exact) mass is 409 g/mol. The van der Waals surface area contributed by atoms with Crippen molar-refractivity contribution in [1.82, 2.24) is 0 Å². The van der Waals surface area contributed by atoms with Gasteiger partial charge in [0.1, 0.15) is 5.82 Å². The van der Waals surface area contributed by atoms with Crippen molar-refractivity contribution < 1.29 is 17.6 Å². The van der Waals surface area contributed by atoms with Gasteiger partial charge in [0.2, 0.25) is 0 Å². The summed E-state index contributed by atoms with van der Waals surface area (Å²) in [5.74, 6) is -0.888. The number of rotatable bonds is 3. The Bertz CT molecular complexity index is 653. The Morgan fingerprint density at radius 3 is 2.43 bits per heavy atom. The molecule has 0 saturated carbocycles. The molecule has 0 aromatic heterocycles. The molecule has 1 nitrogen and oxygen atoms in total. The maximum Gasteiger partial charge on any atom is 0.416 e. The van der Waals surface area contributed by atoms with Gasteiger partial charge in [-0.25, -0.2) is 4.39 Å². The van der Waals surface area contributed by atoms with E-state index < -0.39 is 17.6 Å². The Morgan fingerprint density at radius 1 is 1.10 bits per heavy atom. The van der Waals surface area contributed by atoms with Crippen LogP contribution in [-0.2, 0) is 12.7 Å². The van der Waals surface area contributed by atoms with Gasteiger partial charge in [0, 0.05) is 15.8 Å². The maximum absolute atomic E-state index is 13.3. The van der Waals surface area contributed by atoms with Crippen LogP contribution in [0.1, 0.15) is 16.7 Å². The third kappa shape index (κ3) is 4.33. The summed E-state index contributed by atoms with van der Waals surface area (Å²) in [6.45, 7) is 2.03. The Labute approximate surface area is 133 Å². The highest BCUT2D eigenvalue weighted by atomic mass is 127. The molecule has 0 atom stereocenters. The Balaban J connectivity index is 2.18. The molecule has 0 spiro atoms. The van der Waals surface area contributed by atoms with Crippen molar-refractivity contribution in [3.05, 3.63) is 62.5 Å². The van der Waals surface area contributed by atoms with Crippen LogP contribution >= 0.6 is 22.6 Å². The zero-order valence-corrected chi connectivity index (χ0v) is 13.2. The van der Waals surface area contributed by atoms with Gasteiger partial charge in [-0.2, -0.15) is 13.2 Å². The van der Waals surface area contributed by atoms with Crippen LogP contribution in [-0.4, -0.2) is 0 Å². The van der Waals surface area contributed by atoms with Gasteiger partial charge >= 0.3 is 6.18 Å². The van der Waals surface area contributed by atoms with Crippen LogP contribution in [0.25, 0.3) is 0 Å². The number of hydrogen-bond acceptors (Lipinski definition) is 1. The second-order valence-electron chi connectivity index (χ2n) is 4.66. The maximum atomic E-state index is 13.3. The van der Waals surface area contributed by atoms with E-state index >= 15 is 0 Å². The molecule has 21 heavy (non-hydrogen) atoms. The molecule has 0 radical (unpaired) electrons. The molecule has 0 heterocycles. The first kappa shape index (κ1) is 16.1. The second kappa shape index (κ2) is 6.21.